The Hall–Kier alpha value is -2.44. The number of amides is 1. The number of likely N-dealkylation sites (tertiary alicyclic amines) is 1. The second-order valence-corrected chi connectivity index (χ2v) is 6.94. The van der Waals surface area contributed by atoms with Crippen molar-refractivity contribution in [3.8, 4) is 0 Å². The summed E-state index contributed by atoms with van der Waals surface area (Å²) in [6.07, 6.45) is 8.27. The molecule has 2 aromatic heterocycles. The van der Waals surface area contributed by atoms with Crippen LogP contribution in [0.5, 0.6) is 0 Å². The first-order valence-corrected chi connectivity index (χ1v) is 8.93. The number of oxazole rings is 1. The van der Waals surface area contributed by atoms with Crippen LogP contribution in [-0.2, 0) is 0 Å². The highest BCUT2D eigenvalue weighted by atomic mass is 16.3. The lowest BCUT2D eigenvalue weighted by Crippen LogP contribution is -2.38. The van der Waals surface area contributed by atoms with Gasteiger partial charge in [0.1, 0.15) is 0 Å². The van der Waals surface area contributed by atoms with Crippen molar-refractivity contribution < 1.29 is 9.21 Å². The van der Waals surface area contributed by atoms with E-state index in [-0.39, 0.29) is 5.91 Å². The van der Waals surface area contributed by atoms with Crippen LogP contribution in [0.4, 0.5) is 5.95 Å². The number of aryl methyl sites for hydroxylation is 1. The molecule has 0 spiro atoms. The Morgan fingerprint density at radius 2 is 1.80 bits per heavy atom. The minimum absolute atomic E-state index is 0.0207. The molecule has 1 unspecified atom stereocenters. The third kappa shape index (κ3) is 3.23. The van der Waals surface area contributed by atoms with E-state index in [1.807, 2.05) is 17.9 Å². The van der Waals surface area contributed by atoms with Crippen LogP contribution in [0.15, 0.2) is 29.3 Å². The van der Waals surface area contributed by atoms with Crippen LogP contribution in [0.1, 0.15) is 35.5 Å². The minimum Gasteiger partial charge on any atom is -0.438 e. The van der Waals surface area contributed by atoms with E-state index in [0.29, 0.717) is 23.3 Å². The van der Waals surface area contributed by atoms with Gasteiger partial charge in [-0.05, 0) is 44.1 Å². The summed E-state index contributed by atoms with van der Waals surface area (Å²) in [5.74, 6) is 2.42. The monoisotopic (exact) mass is 341 g/mol. The number of anilines is 1. The molecule has 2 aliphatic heterocycles. The zero-order valence-electron chi connectivity index (χ0n) is 14.5. The van der Waals surface area contributed by atoms with Gasteiger partial charge in [-0.3, -0.25) is 4.79 Å². The lowest BCUT2D eigenvalue weighted by Gasteiger charge is -2.34. The molecule has 1 atom stereocenters. The Labute approximate surface area is 147 Å². The Balaban J connectivity index is 1.33. The third-order valence-corrected chi connectivity index (χ3v) is 5.49. The molecule has 2 fully saturated rings. The fraction of sp³-hybridized carbons (Fsp3) is 0.556. The third-order valence-electron chi connectivity index (χ3n) is 5.49. The summed E-state index contributed by atoms with van der Waals surface area (Å²) in [5, 5.41) is 0. The van der Waals surface area contributed by atoms with Crippen LogP contribution >= 0.6 is 0 Å². The van der Waals surface area contributed by atoms with Crippen LogP contribution in [0, 0.1) is 18.8 Å². The van der Waals surface area contributed by atoms with Crippen molar-refractivity contribution in [3.05, 3.63) is 36.3 Å². The van der Waals surface area contributed by atoms with Crippen molar-refractivity contribution in [2.24, 2.45) is 11.8 Å². The lowest BCUT2D eigenvalue weighted by atomic mass is 9.84. The molecular weight excluding hydrogens is 318 g/mol. The van der Waals surface area contributed by atoms with Gasteiger partial charge in [-0.1, -0.05) is 0 Å². The number of carbonyl (C=O) groups is 1. The van der Waals surface area contributed by atoms with Crippen molar-refractivity contribution in [2.45, 2.75) is 26.2 Å². The molecule has 7 heteroatoms. The molecule has 7 nitrogen and oxygen atoms in total. The predicted molar refractivity (Wildman–Crippen MR) is 92.2 cm³/mol. The van der Waals surface area contributed by atoms with Gasteiger partial charge in [-0.25, -0.2) is 15.0 Å². The largest absolute Gasteiger partial charge is 0.438 e. The van der Waals surface area contributed by atoms with E-state index < -0.39 is 0 Å². The van der Waals surface area contributed by atoms with Gasteiger partial charge < -0.3 is 14.2 Å². The number of aromatic nitrogens is 3. The van der Waals surface area contributed by atoms with E-state index >= 15 is 0 Å². The van der Waals surface area contributed by atoms with Crippen LogP contribution in [-0.4, -0.2) is 51.9 Å². The van der Waals surface area contributed by atoms with Gasteiger partial charge in [-0.2, -0.15) is 0 Å². The number of hydrogen-bond donors (Lipinski definition) is 0. The zero-order chi connectivity index (χ0) is 17.2. The van der Waals surface area contributed by atoms with E-state index in [1.165, 1.54) is 6.39 Å². The molecule has 0 N–H and O–H groups in total. The van der Waals surface area contributed by atoms with Crippen LogP contribution in [0.25, 0.3) is 0 Å². The molecule has 25 heavy (non-hydrogen) atoms. The Kier molecular flexibility index (Phi) is 4.38. The molecular formula is C18H23N5O2. The molecule has 2 aromatic rings. The molecule has 4 heterocycles. The van der Waals surface area contributed by atoms with Gasteiger partial charge in [0, 0.05) is 38.6 Å². The van der Waals surface area contributed by atoms with Gasteiger partial charge in [0.05, 0.1) is 5.69 Å². The van der Waals surface area contributed by atoms with Crippen molar-refractivity contribution in [1.82, 2.24) is 19.9 Å². The molecule has 2 aliphatic rings. The average Bonchev–Trinajstić information content (AvgIpc) is 3.31. The van der Waals surface area contributed by atoms with Gasteiger partial charge in [-0.15, -0.1) is 0 Å². The van der Waals surface area contributed by atoms with E-state index in [9.17, 15) is 4.79 Å². The molecule has 4 rings (SSSR count). The first-order valence-electron chi connectivity index (χ1n) is 8.93. The van der Waals surface area contributed by atoms with E-state index in [1.54, 1.807) is 12.4 Å². The highest BCUT2D eigenvalue weighted by Crippen LogP contribution is 2.33. The molecule has 0 saturated carbocycles. The second-order valence-electron chi connectivity index (χ2n) is 6.94. The molecule has 0 radical (unpaired) electrons. The molecule has 0 bridgehead atoms. The smallest absolute Gasteiger partial charge is 0.291 e. The molecule has 0 aromatic carbocycles. The van der Waals surface area contributed by atoms with Crippen LogP contribution in [0.2, 0.25) is 0 Å². The van der Waals surface area contributed by atoms with Crippen molar-refractivity contribution in [2.75, 3.05) is 31.1 Å². The minimum atomic E-state index is -0.0207. The van der Waals surface area contributed by atoms with Crippen molar-refractivity contribution in [1.29, 1.82) is 0 Å². The summed E-state index contributed by atoms with van der Waals surface area (Å²) in [6.45, 7) is 5.42. The number of carbonyl (C=O) groups excluding carboxylic acids is 1. The predicted octanol–water partition coefficient (Wildman–Crippen LogP) is 2.15. The van der Waals surface area contributed by atoms with Crippen molar-refractivity contribution >= 4 is 11.9 Å². The Bertz CT molecular complexity index is 724. The van der Waals surface area contributed by atoms with Crippen LogP contribution < -0.4 is 4.90 Å². The lowest BCUT2D eigenvalue weighted by molar-refractivity contribution is 0.0748. The summed E-state index contributed by atoms with van der Waals surface area (Å²) < 4.78 is 5.26. The first kappa shape index (κ1) is 16.1. The van der Waals surface area contributed by atoms with Gasteiger partial charge >= 0.3 is 0 Å². The van der Waals surface area contributed by atoms with Gasteiger partial charge in [0.15, 0.2) is 6.39 Å². The standard InChI is InChI=1S/C18H23N5O2/c1-13-16(25-12-21-13)17(24)23-10-5-15(11-23)14-3-8-22(9-4-14)18-19-6-2-7-20-18/h2,6-7,12,14-15H,3-5,8-11H2,1H3. The summed E-state index contributed by atoms with van der Waals surface area (Å²) >= 11 is 0. The highest BCUT2D eigenvalue weighted by molar-refractivity contribution is 5.92. The maximum Gasteiger partial charge on any atom is 0.291 e. The van der Waals surface area contributed by atoms with Gasteiger partial charge in [0.25, 0.3) is 5.91 Å². The number of nitrogens with zero attached hydrogens (tertiary/aromatic N) is 5. The molecule has 132 valence electrons. The fourth-order valence-electron chi connectivity index (χ4n) is 4.03. The summed E-state index contributed by atoms with van der Waals surface area (Å²) in [6, 6.07) is 1.84. The average molecular weight is 341 g/mol. The molecule has 1 amide bonds. The summed E-state index contributed by atoms with van der Waals surface area (Å²) in [7, 11) is 0. The maximum absolute atomic E-state index is 12.6. The Morgan fingerprint density at radius 3 is 2.48 bits per heavy atom. The quantitative estimate of drug-likeness (QED) is 0.851. The van der Waals surface area contributed by atoms with Gasteiger partial charge in [0.2, 0.25) is 11.7 Å². The van der Waals surface area contributed by atoms with E-state index in [0.717, 1.165) is 51.4 Å². The number of rotatable bonds is 3. The maximum atomic E-state index is 12.6. The summed E-state index contributed by atoms with van der Waals surface area (Å²) in [5.41, 5.74) is 0.671. The van der Waals surface area contributed by atoms with E-state index in [2.05, 4.69) is 19.9 Å². The van der Waals surface area contributed by atoms with Crippen molar-refractivity contribution in [3.63, 3.8) is 0 Å². The topological polar surface area (TPSA) is 75.4 Å². The zero-order valence-corrected chi connectivity index (χ0v) is 14.5. The fourth-order valence-corrected chi connectivity index (χ4v) is 4.03. The molecule has 2 saturated heterocycles. The second kappa shape index (κ2) is 6.82. The molecule has 0 aliphatic carbocycles. The van der Waals surface area contributed by atoms with E-state index in [4.69, 9.17) is 4.42 Å². The summed E-state index contributed by atoms with van der Waals surface area (Å²) in [4.78, 5) is 29.4. The normalized spacial score (nSPS) is 21.7. The Morgan fingerprint density at radius 1 is 1.08 bits per heavy atom. The first-order chi connectivity index (χ1) is 12.2. The number of piperidine rings is 1. The highest BCUT2D eigenvalue weighted by Gasteiger charge is 2.35. The SMILES string of the molecule is Cc1ncoc1C(=O)N1CCC(C2CCN(c3ncccn3)CC2)C1. The number of hydrogen-bond acceptors (Lipinski definition) is 6. The van der Waals surface area contributed by atoms with Crippen LogP contribution in [0.3, 0.4) is 0 Å².